The Morgan fingerprint density at radius 3 is 2.13 bits per heavy atom. The van der Waals surface area contributed by atoms with Gasteiger partial charge in [-0.05, 0) is 35.6 Å². The van der Waals surface area contributed by atoms with Crippen LogP contribution in [0.15, 0.2) is 23.1 Å². The van der Waals surface area contributed by atoms with Gasteiger partial charge in [-0.15, -0.1) is 0 Å². The summed E-state index contributed by atoms with van der Waals surface area (Å²) in [4.78, 5) is 0.619. The highest BCUT2D eigenvalue weighted by Gasteiger charge is 2.17. The van der Waals surface area contributed by atoms with Crippen molar-refractivity contribution in [2.24, 2.45) is 0 Å². The summed E-state index contributed by atoms with van der Waals surface area (Å²) in [5, 5.41) is 0. The molecule has 0 aromatic heterocycles. The van der Waals surface area contributed by atoms with Crippen LogP contribution >= 0.6 is 0 Å². The fourth-order valence-corrected chi connectivity index (χ4v) is 2.45. The lowest BCUT2D eigenvalue weighted by Crippen LogP contribution is -2.13. The quantitative estimate of drug-likeness (QED) is 0.782. The first-order chi connectivity index (χ1) is 6.62. The molecule has 0 spiro atoms. The lowest BCUT2D eigenvalue weighted by Gasteiger charge is -2.22. The fourth-order valence-electron chi connectivity index (χ4n) is 1.72. The Morgan fingerprint density at radius 2 is 1.80 bits per heavy atom. The normalized spacial score (nSPS) is 16.1. The molecule has 0 bridgehead atoms. The molecule has 0 aliphatic rings. The zero-order valence-electron chi connectivity index (χ0n) is 10.0. The molecule has 2 nitrogen and oxygen atoms in total. The number of hydrogen-bond acceptors (Lipinski definition) is 2. The summed E-state index contributed by atoms with van der Waals surface area (Å²) in [6.07, 6.45) is 1.46. The van der Waals surface area contributed by atoms with E-state index in [2.05, 4.69) is 20.8 Å². The van der Waals surface area contributed by atoms with E-state index in [4.69, 9.17) is 4.78 Å². The summed E-state index contributed by atoms with van der Waals surface area (Å²) in [7, 11) is -2.59. The molecule has 0 aliphatic heterocycles. The van der Waals surface area contributed by atoms with Gasteiger partial charge in [-0.2, -0.15) is 0 Å². The van der Waals surface area contributed by atoms with Crippen LogP contribution in [0.3, 0.4) is 0 Å². The van der Waals surface area contributed by atoms with Crippen molar-refractivity contribution in [1.82, 2.24) is 0 Å². The number of hydrogen-bond donors (Lipinski definition) is 1. The largest absolute Gasteiger partial charge is 0.249 e. The van der Waals surface area contributed by atoms with E-state index in [0.29, 0.717) is 4.90 Å². The first-order valence-electron chi connectivity index (χ1n) is 4.97. The van der Waals surface area contributed by atoms with Crippen molar-refractivity contribution < 1.29 is 4.21 Å². The van der Waals surface area contributed by atoms with Crippen molar-refractivity contribution in [2.45, 2.75) is 38.0 Å². The topological polar surface area (TPSA) is 40.9 Å². The average molecular weight is 225 g/mol. The molecule has 1 unspecified atom stereocenters. The molecule has 1 rings (SSSR count). The second-order valence-corrected chi connectivity index (χ2v) is 7.23. The van der Waals surface area contributed by atoms with Gasteiger partial charge in [0.25, 0.3) is 0 Å². The highest BCUT2D eigenvalue weighted by Crippen LogP contribution is 2.27. The van der Waals surface area contributed by atoms with Crippen LogP contribution in [-0.4, -0.2) is 10.5 Å². The zero-order chi connectivity index (χ0) is 11.9. The van der Waals surface area contributed by atoms with Gasteiger partial charge in [-0.1, -0.05) is 26.8 Å². The Balaban J connectivity index is 3.34. The fraction of sp³-hybridized carbons (Fsp3) is 0.500. The van der Waals surface area contributed by atoms with Crippen LogP contribution in [0.25, 0.3) is 0 Å². The molecule has 0 aliphatic carbocycles. The SMILES string of the molecule is Cc1cc(S(C)(=N)=O)ccc1C(C)(C)C. The molecule has 0 fully saturated rings. The summed E-state index contributed by atoms with van der Waals surface area (Å²) >= 11 is 0. The molecule has 15 heavy (non-hydrogen) atoms. The van der Waals surface area contributed by atoms with E-state index < -0.39 is 9.73 Å². The van der Waals surface area contributed by atoms with Gasteiger partial charge in [0.2, 0.25) is 0 Å². The highest BCUT2D eigenvalue weighted by molar-refractivity contribution is 7.91. The van der Waals surface area contributed by atoms with Crippen molar-refractivity contribution in [1.29, 1.82) is 4.78 Å². The van der Waals surface area contributed by atoms with E-state index in [9.17, 15) is 4.21 Å². The molecular formula is C12H19NOS. The maximum atomic E-state index is 11.6. The van der Waals surface area contributed by atoms with Crippen LogP contribution in [0, 0.1) is 11.7 Å². The van der Waals surface area contributed by atoms with Crippen LogP contribution in [-0.2, 0) is 15.1 Å². The Labute approximate surface area is 92.7 Å². The van der Waals surface area contributed by atoms with E-state index in [1.807, 2.05) is 25.1 Å². The Morgan fingerprint density at radius 1 is 1.27 bits per heavy atom. The third-order valence-electron chi connectivity index (χ3n) is 2.46. The Bertz CT molecular complexity index is 467. The van der Waals surface area contributed by atoms with E-state index >= 15 is 0 Å². The molecule has 0 radical (unpaired) electrons. The van der Waals surface area contributed by atoms with E-state index in [-0.39, 0.29) is 5.41 Å². The number of aryl methyl sites for hydroxylation is 1. The van der Waals surface area contributed by atoms with Crippen LogP contribution in [0.2, 0.25) is 0 Å². The lowest BCUT2D eigenvalue weighted by atomic mass is 9.84. The minimum atomic E-state index is -2.59. The highest BCUT2D eigenvalue weighted by atomic mass is 32.2. The Hall–Kier alpha value is -0.830. The molecule has 0 amide bonds. The van der Waals surface area contributed by atoms with E-state index in [0.717, 1.165) is 5.56 Å². The van der Waals surface area contributed by atoms with E-state index in [1.54, 1.807) is 0 Å². The van der Waals surface area contributed by atoms with Crippen LogP contribution in [0.4, 0.5) is 0 Å². The van der Waals surface area contributed by atoms with Crippen LogP contribution in [0.1, 0.15) is 31.9 Å². The summed E-state index contributed by atoms with van der Waals surface area (Å²) < 4.78 is 19.1. The van der Waals surface area contributed by atoms with Gasteiger partial charge in [0.1, 0.15) is 0 Å². The molecule has 3 heteroatoms. The molecule has 1 aromatic carbocycles. The number of rotatable bonds is 1. The molecule has 1 aromatic rings. The predicted molar refractivity (Wildman–Crippen MR) is 64.9 cm³/mol. The maximum Gasteiger partial charge on any atom is 0.0696 e. The first-order valence-corrected chi connectivity index (χ1v) is 6.94. The van der Waals surface area contributed by atoms with Gasteiger partial charge < -0.3 is 0 Å². The van der Waals surface area contributed by atoms with Crippen molar-refractivity contribution >= 4 is 9.73 Å². The molecule has 0 saturated heterocycles. The van der Waals surface area contributed by atoms with Crippen molar-refractivity contribution in [3.05, 3.63) is 29.3 Å². The summed E-state index contributed by atoms with van der Waals surface area (Å²) in [5.74, 6) is 0. The van der Waals surface area contributed by atoms with Gasteiger partial charge in [0.15, 0.2) is 0 Å². The predicted octanol–water partition coefficient (Wildman–Crippen LogP) is 3.33. The second kappa shape index (κ2) is 3.63. The molecule has 84 valence electrons. The van der Waals surface area contributed by atoms with Gasteiger partial charge >= 0.3 is 0 Å². The first kappa shape index (κ1) is 12.2. The van der Waals surface area contributed by atoms with Gasteiger partial charge in [0, 0.05) is 11.2 Å². The standard InChI is InChI=1S/C12H19NOS/c1-9-8-10(15(5,13)14)6-7-11(9)12(2,3)4/h6-8,13H,1-5H3. The summed E-state index contributed by atoms with van der Waals surface area (Å²) in [6.45, 7) is 8.46. The van der Waals surface area contributed by atoms with Crippen molar-refractivity contribution in [3.8, 4) is 0 Å². The molecule has 1 N–H and O–H groups in total. The minimum absolute atomic E-state index is 0.0965. The lowest BCUT2D eigenvalue weighted by molar-refractivity contribution is 0.585. The average Bonchev–Trinajstić information content (AvgIpc) is 1.99. The van der Waals surface area contributed by atoms with Crippen molar-refractivity contribution in [3.63, 3.8) is 0 Å². The third kappa shape index (κ3) is 2.81. The summed E-state index contributed by atoms with van der Waals surface area (Å²) in [5.41, 5.74) is 2.45. The molecule has 0 saturated carbocycles. The van der Waals surface area contributed by atoms with Gasteiger partial charge in [0.05, 0.1) is 9.73 Å². The number of nitrogens with one attached hydrogen (secondary N) is 1. The van der Waals surface area contributed by atoms with Crippen LogP contribution < -0.4 is 0 Å². The zero-order valence-corrected chi connectivity index (χ0v) is 10.9. The monoisotopic (exact) mass is 225 g/mol. The second-order valence-electron chi connectivity index (χ2n) is 5.07. The van der Waals surface area contributed by atoms with Gasteiger partial charge in [-0.25, -0.2) is 8.99 Å². The molecule has 0 heterocycles. The Kier molecular flexibility index (Phi) is 2.97. The van der Waals surface area contributed by atoms with Crippen molar-refractivity contribution in [2.75, 3.05) is 6.26 Å². The summed E-state index contributed by atoms with van der Waals surface area (Å²) in [6, 6.07) is 5.67. The van der Waals surface area contributed by atoms with E-state index in [1.165, 1.54) is 11.8 Å². The molecule has 1 atom stereocenters. The third-order valence-corrected chi connectivity index (χ3v) is 3.61. The number of benzene rings is 1. The van der Waals surface area contributed by atoms with Gasteiger partial charge in [-0.3, -0.25) is 0 Å². The molecular weight excluding hydrogens is 206 g/mol. The minimum Gasteiger partial charge on any atom is -0.249 e. The van der Waals surface area contributed by atoms with Crippen LogP contribution in [0.5, 0.6) is 0 Å². The maximum absolute atomic E-state index is 11.6. The smallest absolute Gasteiger partial charge is 0.0696 e.